The predicted octanol–water partition coefficient (Wildman–Crippen LogP) is 5.47. The van der Waals surface area contributed by atoms with Gasteiger partial charge in [-0.3, -0.25) is 4.90 Å². The van der Waals surface area contributed by atoms with E-state index in [9.17, 15) is 14.7 Å². The minimum atomic E-state index is -1.15. The monoisotopic (exact) mass is 696 g/mol. The van der Waals surface area contributed by atoms with E-state index in [-0.39, 0.29) is 31.1 Å². The van der Waals surface area contributed by atoms with Crippen LogP contribution in [0.25, 0.3) is 10.8 Å². The van der Waals surface area contributed by atoms with E-state index >= 15 is 0 Å². The highest BCUT2D eigenvalue weighted by Crippen LogP contribution is 2.37. The zero-order valence-corrected chi connectivity index (χ0v) is 30.2. The number of nitrogens with zero attached hydrogens (tertiary/aromatic N) is 6. The second-order valence-corrected chi connectivity index (χ2v) is 14.6. The van der Waals surface area contributed by atoms with Crippen molar-refractivity contribution in [3.8, 4) is 11.8 Å². The molecule has 1 atom stereocenters. The number of likely N-dealkylation sites (N-methyl/N-ethyl adjacent to an activating group) is 1. The zero-order valence-electron chi connectivity index (χ0n) is 30.2. The Balaban J connectivity index is 1.31. The highest BCUT2D eigenvalue weighted by Gasteiger charge is 2.39. The first-order valence-corrected chi connectivity index (χ1v) is 17.5. The highest BCUT2D eigenvalue weighted by molar-refractivity contribution is 5.96. The number of anilines is 2. The van der Waals surface area contributed by atoms with Crippen molar-refractivity contribution < 1.29 is 28.9 Å². The number of ether oxygens (including phenoxy) is 3. The molecule has 6 rings (SSSR count). The van der Waals surface area contributed by atoms with Crippen molar-refractivity contribution in [1.82, 2.24) is 19.8 Å². The first-order chi connectivity index (χ1) is 24.4. The lowest BCUT2D eigenvalue weighted by molar-refractivity contribution is -0.152. The second-order valence-electron chi connectivity index (χ2n) is 14.6. The van der Waals surface area contributed by atoms with Gasteiger partial charge in [0.1, 0.15) is 24.8 Å². The van der Waals surface area contributed by atoms with Crippen LogP contribution in [0.15, 0.2) is 66.7 Å². The summed E-state index contributed by atoms with van der Waals surface area (Å²) in [7, 11) is 3.95. The van der Waals surface area contributed by atoms with Gasteiger partial charge < -0.3 is 34.0 Å². The predicted molar refractivity (Wildman–Crippen MR) is 197 cm³/mol. The topological polar surface area (TPSA) is 121 Å². The fraction of sp³-hybridized carbons (Fsp3) is 0.436. The molecule has 0 radical (unpaired) electrons. The standard InChI is InChI=1S/C39H48N6O6/c1-39(2,3)26-51-36(46)34-24-44(17-18-45(34)38(47)48)35-31-15-16-43(23-32(31)40-37(41-35)49-20-19-42(4)5)33-22-29(21-28-13-9-10-14-30(28)33)50-25-27-11-7-6-8-12-27/h6-14,21-22,34H,15-20,23-26H2,1-5H3,(H,47,48). The molecule has 1 N–H and O–H groups in total. The fourth-order valence-electron chi connectivity index (χ4n) is 6.38. The van der Waals surface area contributed by atoms with Crippen LogP contribution >= 0.6 is 0 Å². The Labute approximate surface area is 299 Å². The number of piperazine rings is 1. The number of carbonyl (C=O) groups excluding carboxylic acids is 1. The van der Waals surface area contributed by atoms with Gasteiger partial charge in [0, 0.05) is 48.9 Å². The molecule has 1 fully saturated rings. The minimum absolute atomic E-state index is 0.116. The van der Waals surface area contributed by atoms with Gasteiger partial charge in [0.25, 0.3) is 0 Å². The number of fused-ring (bicyclic) bond motifs is 2. The summed E-state index contributed by atoms with van der Waals surface area (Å²) in [5.41, 5.74) is 3.69. The molecule has 12 heteroatoms. The maximum Gasteiger partial charge on any atom is 0.408 e. The Hall–Kier alpha value is -5.10. The van der Waals surface area contributed by atoms with E-state index in [0.717, 1.165) is 39.0 Å². The van der Waals surface area contributed by atoms with Gasteiger partial charge in [0.05, 0.1) is 25.4 Å². The Kier molecular flexibility index (Phi) is 10.8. The molecule has 1 saturated heterocycles. The number of benzene rings is 3. The lowest BCUT2D eigenvalue weighted by atomic mass is 9.98. The molecule has 2 aliphatic heterocycles. The Morgan fingerprint density at radius 1 is 0.941 bits per heavy atom. The van der Waals surface area contributed by atoms with Gasteiger partial charge >= 0.3 is 18.1 Å². The van der Waals surface area contributed by atoms with E-state index in [0.29, 0.717) is 51.6 Å². The van der Waals surface area contributed by atoms with Crippen molar-refractivity contribution in [2.24, 2.45) is 5.41 Å². The van der Waals surface area contributed by atoms with Gasteiger partial charge in [-0.15, -0.1) is 0 Å². The number of carbonyl (C=O) groups is 2. The summed E-state index contributed by atoms with van der Waals surface area (Å²) in [6, 6.07) is 21.9. The first kappa shape index (κ1) is 35.7. The molecule has 270 valence electrons. The Bertz CT molecular complexity index is 1850. The molecule has 2 aliphatic rings. The molecular weight excluding hydrogens is 648 g/mol. The van der Waals surface area contributed by atoms with Gasteiger partial charge in [-0.25, -0.2) is 9.59 Å². The molecule has 0 bridgehead atoms. The largest absolute Gasteiger partial charge is 0.489 e. The van der Waals surface area contributed by atoms with Crippen LogP contribution in [0.4, 0.5) is 16.3 Å². The highest BCUT2D eigenvalue weighted by atomic mass is 16.5. The summed E-state index contributed by atoms with van der Waals surface area (Å²) in [5.74, 6) is 0.896. The number of rotatable bonds is 11. The third-order valence-electron chi connectivity index (χ3n) is 9.04. The van der Waals surface area contributed by atoms with Crippen molar-refractivity contribution >= 4 is 34.3 Å². The summed E-state index contributed by atoms with van der Waals surface area (Å²) < 4.78 is 18.0. The van der Waals surface area contributed by atoms with Crippen molar-refractivity contribution in [3.63, 3.8) is 0 Å². The third-order valence-corrected chi connectivity index (χ3v) is 9.04. The van der Waals surface area contributed by atoms with E-state index in [2.05, 4.69) is 41.3 Å². The van der Waals surface area contributed by atoms with Gasteiger partial charge in [-0.2, -0.15) is 9.97 Å². The number of carboxylic acid groups (broad SMARTS) is 1. The van der Waals surface area contributed by atoms with E-state index in [4.69, 9.17) is 24.2 Å². The van der Waals surface area contributed by atoms with E-state index in [1.54, 1.807) is 0 Å². The smallest absolute Gasteiger partial charge is 0.408 e. The summed E-state index contributed by atoms with van der Waals surface area (Å²) in [4.78, 5) is 42.9. The SMILES string of the molecule is CN(C)CCOc1nc2c(c(N3CCN(C(=O)O)C(C(=O)OCC(C)(C)C)C3)n1)CCN(c1cc(OCc3ccccc3)cc3ccccc13)C2. The van der Waals surface area contributed by atoms with Gasteiger partial charge in [-0.05, 0) is 42.9 Å². The van der Waals surface area contributed by atoms with Crippen LogP contribution in [0.1, 0.15) is 37.6 Å². The third kappa shape index (κ3) is 8.80. The molecule has 0 spiro atoms. The molecule has 0 aliphatic carbocycles. The van der Waals surface area contributed by atoms with Crippen molar-refractivity contribution in [2.75, 3.05) is 69.8 Å². The van der Waals surface area contributed by atoms with Gasteiger partial charge in [0.15, 0.2) is 6.04 Å². The molecule has 1 unspecified atom stereocenters. The number of aromatic nitrogens is 2. The molecular formula is C39H48N6O6. The molecule has 51 heavy (non-hydrogen) atoms. The number of hydrogen-bond acceptors (Lipinski definition) is 10. The van der Waals surface area contributed by atoms with Crippen LogP contribution in [0.2, 0.25) is 0 Å². The lowest BCUT2D eigenvalue weighted by Gasteiger charge is -2.41. The van der Waals surface area contributed by atoms with Gasteiger partial charge in [-0.1, -0.05) is 75.4 Å². The summed E-state index contributed by atoms with van der Waals surface area (Å²) in [6.07, 6.45) is -0.507. The molecule has 3 heterocycles. The minimum Gasteiger partial charge on any atom is -0.489 e. The van der Waals surface area contributed by atoms with Crippen LogP contribution in [-0.2, 0) is 29.1 Å². The quantitative estimate of drug-likeness (QED) is 0.201. The summed E-state index contributed by atoms with van der Waals surface area (Å²) in [6.45, 7) is 9.45. The lowest BCUT2D eigenvalue weighted by Crippen LogP contribution is -2.59. The van der Waals surface area contributed by atoms with Crippen LogP contribution in [-0.4, -0.2) is 103 Å². The number of hydrogen-bond donors (Lipinski definition) is 1. The van der Waals surface area contributed by atoms with Crippen LogP contribution in [0.5, 0.6) is 11.8 Å². The molecule has 0 saturated carbocycles. The van der Waals surface area contributed by atoms with E-state index in [1.165, 1.54) is 4.90 Å². The second kappa shape index (κ2) is 15.4. The maximum absolute atomic E-state index is 13.3. The maximum atomic E-state index is 13.3. The first-order valence-electron chi connectivity index (χ1n) is 17.5. The van der Waals surface area contributed by atoms with Crippen molar-refractivity contribution in [1.29, 1.82) is 0 Å². The van der Waals surface area contributed by atoms with Crippen molar-refractivity contribution in [3.05, 3.63) is 83.6 Å². The van der Waals surface area contributed by atoms with Crippen LogP contribution in [0, 0.1) is 5.41 Å². The molecule has 1 aromatic heterocycles. The fourth-order valence-corrected chi connectivity index (χ4v) is 6.38. The summed E-state index contributed by atoms with van der Waals surface area (Å²) in [5, 5.41) is 12.2. The molecule has 3 aromatic carbocycles. The average molecular weight is 697 g/mol. The Morgan fingerprint density at radius 2 is 1.71 bits per heavy atom. The van der Waals surface area contributed by atoms with E-state index < -0.39 is 18.1 Å². The normalized spacial score (nSPS) is 16.3. The Morgan fingerprint density at radius 3 is 2.45 bits per heavy atom. The van der Waals surface area contributed by atoms with Crippen molar-refractivity contribution in [2.45, 2.75) is 46.4 Å². The average Bonchev–Trinajstić information content (AvgIpc) is 3.11. The summed E-state index contributed by atoms with van der Waals surface area (Å²) >= 11 is 0. The molecule has 1 amide bonds. The van der Waals surface area contributed by atoms with Crippen LogP contribution in [0.3, 0.4) is 0 Å². The van der Waals surface area contributed by atoms with Gasteiger partial charge in [0.2, 0.25) is 0 Å². The van der Waals surface area contributed by atoms with Crippen LogP contribution < -0.4 is 19.3 Å². The molecule has 12 nitrogen and oxygen atoms in total. The number of amides is 1. The zero-order chi connectivity index (χ0) is 36.1. The molecule has 4 aromatic rings. The number of esters is 1. The van der Waals surface area contributed by atoms with E-state index in [1.807, 2.05) is 75.0 Å².